The zero-order chi connectivity index (χ0) is 23.1. The number of nitrogens with zero attached hydrogens (tertiary/aromatic N) is 5. The molecule has 1 aromatic carbocycles. The number of carbonyl (C=O) groups is 2. The quantitative estimate of drug-likeness (QED) is 0.610. The van der Waals surface area contributed by atoms with Gasteiger partial charge in [-0.1, -0.05) is 30.3 Å². The van der Waals surface area contributed by atoms with Crippen molar-refractivity contribution < 1.29 is 14.0 Å². The van der Waals surface area contributed by atoms with Gasteiger partial charge in [-0.3, -0.25) is 14.5 Å². The van der Waals surface area contributed by atoms with Crippen molar-refractivity contribution in [1.82, 2.24) is 19.9 Å². The molecular weight excluding hydrogens is 418 g/mol. The van der Waals surface area contributed by atoms with Crippen LogP contribution in [0.3, 0.4) is 0 Å². The first kappa shape index (κ1) is 21.3. The van der Waals surface area contributed by atoms with Crippen molar-refractivity contribution in [2.75, 3.05) is 18.0 Å². The van der Waals surface area contributed by atoms with E-state index in [1.165, 1.54) is 0 Å². The van der Waals surface area contributed by atoms with Crippen LogP contribution in [0, 0.1) is 20.8 Å². The molecule has 2 aliphatic heterocycles. The summed E-state index contributed by atoms with van der Waals surface area (Å²) in [5.41, 5.74) is 3.61. The van der Waals surface area contributed by atoms with E-state index in [0.29, 0.717) is 61.5 Å². The molecule has 1 fully saturated rings. The molecule has 2 aromatic heterocycles. The molecule has 0 bridgehead atoms. The van der Waals surface area contributed by atoms with E-state index >= 15 is 0 Å². The summed E-state index contributed by atoms with van der Waals surface area (Å²) in [5.74, 6) is 2.14. The average molecular weight is 446 g/mol. The molecule has 2 amide bonds. The first-order valence-electron chi connectivity index (χ1n) is 11.4. The van der Waals surface area contributed by atoms with E-state index in [-0.39, 0.29) is 17.7 Å². The van der Waals surface area contributed by atoms with Crippen LogP contribution in [0.25, 0.3) is 0 Å². The summed E-state index contributed by atoms with van der Waals surface area (Å²) in [4.78, 5) is 43.3. The topological polar surface area (TPSA) is 92.4 Å². The molecule has 5 rings (SSSR count). The molecule has 0 spiro atoms. The molecule has 170 valence electrons. The number of aromatic nitrogens is 3. The Bertz CT molecular complexity index is 1220. The molecule has 0 unspecified atom stereocenters. The predicted molar refractivity (Wildman–Crippen MR) is 122 cm³/mol. The molecule has 8 heteroatoms. The number of likely N-dealkylation sites (tertiary alicyclic amines) is 1. The van der Waals surface area contributed by atoms with Gasteiger partial charge in [0.1, 0.15) is 11.6 Å². The molecule has 0 radical (unpaired) electrons. The van der Waals surface area contributed by atoms with Crippen LogP contribution >= 0.6 is 0 Å². The third-order valence-electron chi connectivity index (χ3n) is 6.48. The van der Waals surface area contributed by atoms with Gasteiger partial charge in [0, 0.05) is 43.6 Å². The van der Waals surface area contributed by atoms with Crippen molar-refractivity contribution in [2.45, 2.75) is 52.5 Å². The standard InChI is InChI=1S/C25H27N5O3/c1-15-20-9-10-21(31)30(13-18-7-5-4-6-8-18)24(20)28-23(27-15)19-11-12-29(14-19)25(32)22-16(2)26-17(3)33-22/h4-8,19H,9-14H2,1-3H3/t19-/m1/s1. The fourth-order valence-electron chi connectivity index (χ4n) is 4.74. The van der Waals surface area contributed by atoms with Crippen LogP contribution in [-0.2, 0) is 17.8 Å². The monoisotopic (exact) mass is 445 g/mol. The summed E-state index contributed by atoms with van der Waals surface area (Å²) in [6.45, 7) is 7.12. The third kappa shape index (κ3) is 4.01. The minimum Gasteiger partial charge on any atom is -0.436 e. The Kier molecular flexibility index (Phi) is 5.44. The summed E-state index contributed by atoms with van der Waals surface area (Å²) in [5, 5.41) is 0. The summed E-state index contributed by atoms with van der Waals surface area (Å²) in [6.07, 6.45) is 1.89. The lowest BCUT2D eigenvalue weighted by molar-refractivity contribution is -0.119. The molecule has 4 heterocycles. The Morgan fingerprint density at radius 3 is 2.58 bits per heavy atom. The number of hydrogen-bond donors (Lipinski definition) is 0. The van der Waals surface area contributed by atoms with Gasteiger partial charge in [-0.15, -0.1) is 0 Å². The first-order chi connectivity index (χ1) is 15.9. The summed E-state index contributed by atoms with van der Waals surface area (Å²) >= 11 is 0. The van der Waals surface area contributed by atoms with Crippen molar-refractivity contribution in [3.05, 3.63) is 70.3 Å². The van der Waals surface area contributed by atoms with Crippen molar-refractivity contribution in [3.8, 4) is 0 Å². The molecule has 33 heavy (non-hydrogen) atoms. The molecule has 0 saturated carbocycles. The Morgan fingerprint density at radius 1 is 1.06 bits per heavy atom. The minimum absolute atomic E-state index is 0.0119. The van der Waals surface area contributed by atoms with Crippen molar-refractivity contribution in [2.24, 2.45) is 0 Å². The minimum atomic E-state index is -0.147. The highest BCUT2D eigenvalue weighted by Crippen LogP contribution is 2.33. The van der Waals surface area contributed by atoms with Crippen LogP contribution < -0.4 is 4.90 Å². The van der Waals surface area contributed by atoms with Gasteiger partial charge in [0.25, 0.3) is 5.91 Å². The lowest BCUT2D eigenvalue weighted by Crippen LogP contribution is -2.36. The van der Waals surface area contributed by atoms with Crippen LogP contribution in [0.4, 0.5) is 5.82 Å². The number of anilines is 1. The van der Waals surface area contributed by atoms with Gasteiger partial charge in [0.15, 0.2) is 5.89 Å². The third-order valence-corrected chi connectivity index (χ3v) is 6.48. The molecular formula is C25H27N5O3. The van der Waals surface area contributed by atoms with E-state index in [0.717, 1.165) is 23.2 Å². The van der Waals surface area contributed by atoms with Crippen molar-refractivity contribution >= 4 is 17.6 Å². The lowest BCUT2D eigenvalue weighted by atomic mass is 10.0. The second kappa shape index (κ2) is 8.42. The number of aryl methyl sites for hydroxylation is 3. The number of rotatable bonds is 4. The Hall–Kier alpha value is -3.55. The van der Waals surface area contributed by atoms with E-state index in [2.05, 4.69) is 4.98 Å². The Labute approximate surface area is 192 Å². The zero-order valence-electron chi connectivity index (χ0n) is 19.2. The van der Waals surface area contributed by atoms with E-state index in [9.17, 15) is 9.59 Å². The van der Waals surface area contributed by atoms with Crippen molar-refractivity contribution in [1.29, 1.82) is 0 Å². The highest BCUT2D eigenvalue weighted by atomic mass is 16.4. The summed E-state index contributed by atoms with van der Waals surface area (Å²) < 4.78 is 5.53. The van der Waals surface area contributed by atoms with Gasteiger partial charge in [-0.05, 0) is 32.3 Å². The van der Waals surface area contributed by atoms with Crippen molar-refractivity contribution in [3.63, 3.8) is 0 Å². The number of fused-ring (bicyclic) bond motifs is 1. The summed E-state index contributed by atoms with van der Waals surface area (Å²) in [6, 6.07) is 9.95. The number of amides is 2. The van der Waals surface area contributed by atoms with E-state index in [1.54, 1.807) is 23.6 Å². The van der Waals surface area contributed by atoms with Crippen LogP contribution in [0.2, 0.25) is 0 Å². The molecule has 0 N–H and O–H groups in total. The molecule has 1 saturated heterocycles. The van der Waals surface area contributed by atoms with Crippen LogP contribution in [0.1, 0.15) is 63.5 Å². The van der Waals surface area contributed by atoms with E-state index in [1.807, 2.05) is 37.3 Å². The molecule has 3 aromatic rings. The molecule has 0 aliphatic carbocycles. The van der Waals surface area contributed by atoms with Crippen LogP contribution in [0.5, 0.6) is 0 Å². The zero-order valence-corrected chi connectivity index (χ0v) is 19.2. The number of benzene rings is 1. The molecule has 2 aliphatic rings. The number of carbonyl (C=O) groups excluding carboxylic acids is 2. The van der Waals surface area contributed by atoms with Gasteiger partial charge in [0.2, 0.25) is 11.7 Å². The van der Waals surface area contributed by atoms with Gasteiger partial charge >= 0.3 is 0 Å². The smallest absolute Gasteiger partial charge is 0.291 e. The number of hydrogen-bond acceptors (Lipinski definition) is 6. The van der Waals surface area contributed by atoms with Crippen LogP contribution in [-0.4, -0.2) is 44.8 Å². The molecule has 8 nitrogen and oxygen atoms in total. The maximum atomic E-state index is 13.0. The van der Waals surface area contributed by atoms with Gasteiger partial charge in [0.05, 0.1) is 12.2 Å². The maximum absolute atomic E-state index is 13.0. The van der Waals surface area contributed by atoms with Crippen LogP contribution in [0.15, 0.2) is 34.7 Å². The predicted octanol–water partition coefficient (Wildman–Crippen LogP) is 3.50. The lowest BCUT2D eigenvalue weighted by Gasteiger charge is -2.30. The summed E-state index contributed by atoms with van der Waals surface area (Å²) in [7, 11) is 0. The normalized spacial score (nSPS) is 18.0. The van der Waals surface area contributed by atoms with Gasteiger partial charge in [-0.2, -0.15) is 0 Å². The number of oxazole rings is 1. The van der Waals surface area contributed by atoms with E-state index in [4.69, 9.17) is 14.4 Å². The highest BCUT2D eigenvalue weighted by Gasteiger charge is 2.34. The maximum Gasteiger partial charge on any atom is 0.291 e. The second-order valence-corrected chi connectivity index (χ2v) is 8.82. The highest BCUT2D eigenvalue weighted by molar-refractivity contribution is 5.95. The fraction of sp³-hybridized carbons (Fsp3) is 0.400. The largest absolute Gasteiger partial charge is 0.436 e. The van der Waals surface area contributed by atoms with E-state index < -0.39 is 0 Å². The van der Waals surface area contributed by atoms with Gasteiger partial charge < -0.3 is 9.32 Å². The SMILES string of the molecule is Cc1nc(C)c(C(=O)N2CC[C@@H](c3nc(C)c4c(n3)N(Cc3ccccc3)C(=O)CC4)C2)o1. The second-order valence-electron chi connectivity index (χ2n) is 8.82. The molecule has 1 atom stereocenters. The Balaban J connectivity index is 1.41. The fourth-order valence-corrected chi connectivity index (χ4v) is 4.74. The first-order valence-corrected chi connectivity index (χ1v) is 11.4. The Morgan fingerprint density at radius 2 is 1.85 bits per heavy atom. The van der Waals surface area contributed by atoms with Gasteiger partial charge in [-0.25, -0.2) is 15.0 Å². The average Bonchev–Trinajstić information content (AvgIpc) is 3.42.